The average Bonchev–Trinajstić information content (AvgIpc) is 3.29. The number of hydrogen-bond acceptors (Lipinski definition) is 12. The molecule has 268 valence electrons. The molecule has 12 nitrogen and oxygen atoms in total. The molecule has 5 aliphatic rings. The SMILES string of the molecule is C=CCCCCOC(=O)O[C@@H]1C(=O)C=C(C)[C@@H]2C[C@H]3OC(=O)C(OC(=O)CC(O)(C(C)C)C(C)C)C4[C@@H](C)[C@@H](O)C5(O)OC[C@@]43C5[C@@]12C. The number of aliphatic hydroxyl groups is 3. The number of carbonyl (C=O) groups excluding carboxylic acids is 4. The van der Waals surface area contributed by atoms with Crippen LogP contribution in [0.4, 0.5) is 4.79 Å². The Balaban J connectivity index is 1.54. The van der Waals surface area contributed by atoms with Crippen molar-refractivity contribution in [1.82, 2.24) is 0 Å². The Labute approximate surface area is 282 Å². The average molecular weight is 677 g/mol. The molecule has 0 aromatic rings. The van der Waals surface area contributed by atoms with Gasteiger partial charge < -0.3 is 39.0 Å². The summed E-state index contributed by atoms with van der Waals surface area (Å²) in [5.41, 5.74) is -3.35. The number of carbonyl (C=O) groups is 4. The number of ketones is 1. The number of aliphatic hydroxyl groups excluding tert-OH is 1. The zero-order valence-corrected chi connectivity index (χ0v) is 29.1. The lowest BCUT2D eigenvalue weighted by Crippen LogP contribution is -2.78. The van der Waals surface area contributed by atoms with E-state index < -0.39 is 94.2 Å². The van der Waals surface area contributed by atoms with Gasteiger partial charge in [-0.15, -0.1) is 6.58 Å². The van der Waals surface area contributed by atoms with Crippen molar-refractivity contribution in [1.29, 1.82) is 0 Å². The molecule has 2 heterocycles. The van der Waals surface area contributed by atoms with Crippen molar-refractivity contribution >= 4 is 23.9 Å². The molecule has 2 saturated carbocycles. The lowest BCUT2D eigenvalue weighted by Gasteiger charge is -2.68. The zero-order chi connectivity index (χ0) is 35.6. The van der Waals surface area contributed by atoms with Crippen molar-refractivity contribution in [2.45, 2.75) is 116 Å². The van der Waals surface area contributed by atoms with Gasteiger partial charge in [0.25, 0.3) is 0 Å². The van der Waals surface area contributed by atoms with Gasteiger partial charge in [-0.25, -0.2) is 9.59 Å². The molecule has 5 rings (SSSR count). The third-order valence-corrected chi connectivity index (χ3v) is 12.5. The van der Waals surface area contributed by atoms with E-state index in [9.17, 15) is 34.5 Å². The van der Waals surface area contributed by atoms with Crippen molar-refractivity contribution in [3.8, 4) is 0 Å². The summed E-state index contributed by atoms with van der Waals surface area (Å²) in [6, 6.07) is 0. The number of esters is 2. The second-order valence-electron chi connectivity index (χ2n) is 15.6. The molecule has 2 aliphatic heterocycles. The normalized spacial score (nSPS) is 40.0. The summed E-state index contributed by atoms with van der Waals surface area (Å²) in [4.78, 5) is 54.0. The Morgan fingerprint density at radius 3 is 2.46 bits per heavy atom. The van der Waals surface area contributed by atoms with Crippen LogP contribution in [-0.2, 0) is 38.1 Å². The van der Waals surface area contributed by atoms with E-state index in [0.29, 0.717) is 12.0 Å². The summed E-state index contributed by atoms with van der Waals surface area (Å²) < 4.78 is 29.2. The van der Waals surface area contributed by atoms with Gasteiger partial charge in [0.1, 0.15) is 12.2 Å². The summed E-state index contributed by atoms with van der Waals surface area (Å²) >= 11 is 0. The summed E-state index contributed by atoms with van der Waals surface area (Å²) in [6.45, 7) is 15.9. The van der Waals surface area contributed by atoms with Gasteiger partial charge in [0, 0.05) is 22.7 Å². The van der Waals surface area contributed by atoms with Gasteiger partial charge in [-0.3, -0.25) is 9.59 Å². The second kappa shape index (κ2) is 12.8. The molecule has 3 N–H and O–H groups in total. The van der Waals surface area contributed by atoms with Crippen LogP contribution in [0, 0.1) is 46.3 Å². The fourth-order valence-corrected chi connectivity index (χ4v) is 10.1. The van der Waals surface area contributed by atoms with Crippen molar-refractivity contribution in [2.75, 3.05) is 13.2 Å². The van der Waals surface area contributed by atoms with E-state index >= 15 is 0 Å². The van der Waals surface area contributed by atoms with Crippen LogP contribution in [0.3, 0.4) is 0 Å². The van der Waals surface area contributed by atoms with Crippen LogP contribution in [0.5, 0.6) is 0 Å². The van der Waals surface area contributed by atoms with Gasteiger partial charge in [0.05, 0.1) is 25.2 Å². The molecule has 4 unspecified atom stereocenters. The quantitative estimate of drug-likeness (QED) is 0.126. The Morgan fingerprint density at radius 2 is 1.83 bits per heavy atom. The maximum atomic E-state index is 13.8. The predicted octanol–water partition coefficient (Wildman–Crippen LogP) is 3.64. The lowest BCUT2D eigenvalue weighted by molar-refractivity contribution is -0.340. The van der Waals surface area contributed by atoms with Gasteiger partial charge in [-0.1, -0.05) is 53.2 Å². The minimum Gasteiger partial charge on any atom is -0.459 e. The number of rotatable bonds is 11. The van der Waals surface area contributed by atoms with Crippen molar-refractivity contribution < 1.29 is 58.2 Å². The monoisotopic (exact) mass is 676 g/mol. The molecule has 0 amide bonds. The van der Waals surface area contributed by atoms with Crippen LogP contribution in [0.2, 0.25) is 0 Å². The Morgan fingerprint density at radius 1 is 1.17 bits per heavy atom. The summed E-state index contributed by atoms with van der Waals surface area (Å²) in [6.07, 6.45) is -1.27. The molecule has 3 aliphatic carbocycles. The van der Waals surface area contributed by atoms with Crippen molar-refractivity contribution in [3.05, 3.63) is 24.3 Å². The minimum atomic E-state index is -2.22. The van der Waals surface area contributed by atoms with E-state index in [1.165, 1.54) is 6.08 Å². The smallest absolute Gasteiger partial charge is 0.459 e. The maximum absolute atomic E-state index is 13.8. The highest BCUT2D eigenvalue weighted by Gasteiger charge is 2.84. The van der Waals surface area contributed by atoms with E-state index in [4.69, 9.17) is 23.7 Å². The third kappa shape index (κ3) is 5.32. The summed E-state index contributed by atoms with van der Waals surface area (Å²) in [5.74, 6) is -8.28. The first-order valence-corrected chi connectivity index (χ1v) is 17.2. The van der Waals surface area contributed by atoms with Crippen LogP contribution >= 0.6 is 0 Å². The molecule has 1 spiro atoms. The molecule has 0 radical (unpaired) electrons. The number of hydrogen-bond donors (Lipinski definition) is 3. The van der Waals surface area contributed by atoms with Gasteiger partial charge in [0.2, 0.25) is 6.10 Å². The number of unbranched alkanes of at least 4 members (excludes halogenated alkanes) is 2. The first-order valence-electron chi connectivity index (χ1n) is 17.2. The topological polar surface area (TPSA) is 175 Å². The van der Waals surface area contributed by atoms with Gasteiger partial charge >= 0.3 is 18.1 Å². The molecule has 2 bridgehead atoms. The fourth-order valence-electron chi connectivity index (χ4n) is 10.1. The summed E-state index contributed by atoms with van der Waals surface area (Å²) in [7, 11) is 0. The molecule has 12 heteroatoms. The molecule has 0 aromatic carbocycles. The van der Waals surface area contributed by atoms with Crippen molar-refractivity contribution in [3.63, 3.8) is 0 Å². The van der Waals surface area contributed by atoms with Crippen LogP contribution in [0.25, 0.3) is 0 Å². The highest BCUT2D eigenvalue weighted by molar-refractivity contribution is 5.97. The van der Waals surface area contributed by atoms with Crippen molar-refractivity contribution in [2.24, 2.45) is 46.3 Å². The highest BCUT2D eigenvalue weighted by atomic mass is 16.7. The van der Waals surface area contributed by atoms with Gasteiger partial charge in [-0.05, 0) is 62.4 Å². The first-order chi connectivity index (χ1) is 22.4. The molecule has 4 fully saturated rings. The zero-order valence-electron chi connectivity index (χ0n) is 29.1. The van der Waals surface area contributed by atoms with E-state index in [0.717, 1.165) is 12.8 Å². The Bertz CT molecular complexity index is 1350. The number of allylic oxidation sites excluding steroid dienone is 2. The standard InChI is InChI=1S/C36H52O12/c1-9-10-11-12-13-44-32(41)48-29-23(37)14-20(6)22-15-24-34-17-45-36(43,31(34)33(22,29)8)28(39)21(7)26(34)27(30(40)46-24)47-25(38)16-35(42,18(2)3)19(4)5/h9,14,18-19,21-22,24,26-29,31,39,42-43H,1,10-13,15-17H2,2-8H3/t21-,22+,24-,26?,27?,28-,29-,31?,33-,34+,36?/m1/s1. The van der Waals surface area contributed by atoms with E-state index in [1.807, 2.05) is 0 Å². The van der Waals surface area contributed by atoms with Crippen LogP contribution in [-0.4, -0.2) is 88.2 Å². The molecule has 0 aromatic heterocycles. The van der Waals surface area contributed by atoms with Gasteiger partial charge in [0.15, 0.2) is 17.7 Å². The molecular weight excluding hydrogens is 624 g/mol. The predicted molar refractivity (Wildman–Crippen MR) is 170 cm³/mol. The fraction of sp³-hybridized carbons (Fsp3) is 0.778. The number of ether oxygens (including phenoxy) is 5. The highest BCUT2D eigenvalue weighted by Crippen LogP contribution is 2.74. The van der Waals surface area contributed by atoms with Crippen LogP contribution < -0.4 is 0 Å². The first kappa shape index (κ1) is 36.5. The molecule has 11 atom stereocenters. The van der Waals surface area contributed by atoms with Crippen LogP contribution in [0.15, 0.2) is 24.3 Å². The number of fused-ring (bicyclic) bond motifs is 1. The van der Waals surface area contributed by atoms with E-state index in [2.05, 4.69) is 6.58 Å². The third-order valence-electron chi connectivity index (χ3n) is 12.5. The Kier molecular flexibility index (Phi) is 9.75. The maximum Gasteiger partial charge on any atom is 0.509 e. The Hall–Kier alpha value is -2.80. The molecule has 2 saturated heterocycles. The largest absolute Gasteiger partial charge is 0.509 e. The van der Waals surface area contributed by atoms with Gasteiger partial charge in [-0.2, -0.15) is 0 Å². The second-order valence-corrected chi connectivity index (χ2v) is 15.6. The molecular formula is C36H52O12. The van der Waals surface area contributed by atoms with E-state index in [-0.39, 0.29) is 37.9 Å². The van der Waals surface area contributed by atoms with Crippen LogP contribution in [0.1, 0.15) is 80.6 Å². The lowest BCUT2D eigenvalue weighted by atomic mass is 9.38. The minimum absolute atomic E-state index is 0.0785. The molecule has 48 heavy (non-hydrogen) atoms. The van der Waals surface area contributed by atoms with E-state index in [1.54, 1.807) is 54.5 Å². The summed E-state index contributed by atoms with van der Waals surface area (Å²) in [5, 5.41) is 35.4.